The fraction of sp³-hybridized carbons (Fsp3) is 0.375. The molecule has 2 aromatic rings. The van der Waals surface area contributed by atoms with E-state index in [9.17, 15) is 4.79 Å². The van der Waals surface area contributed by atoms with Gasteiger partial charge in [0, 0.05) is 24.7 Å². The van der Waals surface area contributed by atoms with Crippen LogP contribution in [-0.4, -0.2) is 26.8 Å². The summed E-state index contributed by atoms with van der Waals surface area (Å²) in [6.07, 6.45) is 3.91. The van der Waals surface area contributed by atoms with Crippen LogP contribution in [0.15, 0.2) is 36.7 Å². The highest BCUT2D eigenvalue weighted by Crippen LogP contribution is 2.21. The lowest BCUT2D eigenvalue weighted by molar-refractivity contribution is -0.133. The lowest BCUT2D eigenvalue weighted by atomic mass is 10.1. The van der Waals surface area contributed by atoms with Gasteiger partial charge >= 0.3 is 0 Å². The van der Waals surface area contributed by atoms with E-state index >= 15 is 0 Å². The van der Waals surface area contributed by atoms with Gasteiger partial charge in [-0.1, -0.05) is 37.3 Å². The van der Waals surface area contributed by atoms with Gasteiger partial charge in [0.15, 0.2) is 0 Å². The maximum absolute atomic E-state index is 12.5. The Morgan fingerprint density at radius 3 is 2.90 bits per heavy atom. The van der Waals surface area contributed by atoms with Crippen molar-refractivity contribution in [3.63, 3.8) is 0 Å². The van der Waals surface area contributed by atoms with Gasteiger partial charge in [-0.15, -0.1) is 0 Å². The molecule has 4 nitrogen and oxygen atoms in total. The first kappa shape index (κ1) is 12.9. The van der Waals surface area contributed by atoms with E-state index in [1.807, 2.05) is 23.1 Å². The highest BCUT2D eigenvalue weighted by atomic mass is 16.2. The molecule has 0 saturated carbocycles. The number of aromatic nitrogens is 2. The zero-order valence-electron chi connectivity index (χ0n) is 11.7. The molecule has 3 rings (SSSR count). The van der Waals surface area contributed by atoms with Gasteiger partial charge in [0.05, 0.1) is 18.4 Å². The molecule has 0 saturated heterocycles. The predicted octanol–water partition coefficient (Wildman–Crippen LogP) is 2.32. The van der Waals surface area contributed by atoms with E-state index in [0.29, 0.717) is 13.0 Å². The number of rotatable bonds is 3. The molecule has 1 amide bonds. The Labute approximate surface area is 118 Å². The van der Waals surface area contributed by atoms with E-state index in [1.54, 1.807) is 6.33 Å². The van der Waals surface area contributed by atoms with E-state index in [1.165, 1.54) is 5.56 Å². The summed E-state index contributed by atoms with van der Waals surface area (Å²) in [7, 11) is 0. The lowest BCUT2D eigenvalue weighted by Gasteiger charge is -2.29. The monoisotopic (exact) mass is 269 g/mol. The Kier molecular flexibility index (Phi) is 3.54. The third kappa shape index (κ3) is 2.46. The standard InChI is InChI=1S/C16H19N3O/c1-2-13-8-14-15(18-11-17-14)9-16(20)19(13)10-12-6-4-3-5-7-12/h3-7,11,13H,2,8-10H2,1H3,(H,17,18)/t13-/m0/s1. The van der Waals surface area contributed by atoms with Crippen molar-refractivity contribution in [1.29, 1.82) is 0 Å². The van der Waals surface area contributed by atoms with Gasteiger partial charge in [0.25, 0.3) is 0 Å². The predicted molar refractivity (Wildman–Crippen MR) is 77.1 cm³/mol. The minimum atomic E-state index is 0.184. The number of benzene rings is 1. The van der Waals surface area contributed by atoms with E-state index in [0.717, 1.165) is 24.2 Å². The molecule has 1 aliphatic rings. The van der Waals surface area contributed by atoms with E-state index in [4.69, 9.17) is 0 Å². The quantitative estimate of drug-likeness (QED) is 0.929. The maximum Gasteiger partial charge on any atom is 0.229 e. The van der Waals surface area contributed by atoms with Crippen molar-refractivity contribution in [1.82, 2.24) is 14.9 Å². The number of aromatic amines is 1. The van der Waals surface area contributed by atoms with Crippen molar-refractivity contribution in [2.45, 2.75) is 38.8 Å². The van der Waals surface area contributed by atoms with Crippen LogP contribution in [0.5, 0.6) is 0 Å². The molecule has 1 N–H and O–H groups in total. The second-order valence-electron chi connectivity index (χ2n) is 5.28. The second-order valence-corrected chi connectivity index (χ2v) is 5.28. The van der Waals surface area contributed by atoms with Gasteiger partial charge in [-0.05, 0) is 12.0 Å². The molecule has 4 heteroatoms. The summed E-state index contributed by atoms with van der Waals surface area (Å²) < 4.78 is 0. The Morgan fingerprint density at radius 1 is 1.35 bits per heavy atom. The van der Waals surface area contributed by atoms with Crippen LogP contribution in [0.4, 0.5) is 0 Å². The number of nitrogens with one attached hydrogen (secondary N) is 1. The summed E-state index contributed by atoms with van der Waals surface area (Å²) >= 11 is 0. The molecular weight excluding hydrogens is 250 g/mol. The minimum absolute atomic E-state index is 0.184. The lowest BCUT2D eigenvalue weighted by Crippen LogP contribution is -2.40. The fourth-order valence-corrected chi connectivity index (χ4v) is 2.83. The summed E-state index contributed by atoms with van der Waals surface area (Å²) in [5, 5.41) is 0. The molecule has 0 radical (unpaired) electrons. The first-order valence-corrected chi connectivity index (χ1v) is 7.12. The van der Waals surface area contributed by atoms with Crippen LogP contribution >= 0.6 is 0 Å². The van der Waals surface area contributed by atoms with Gasteiger partial charge in [0.2, 0.25) is 5.91 Å². The fourth-order valence-electron chi connectivity index (χ4n) is 2.83. The average Bonchev–Trinajstić information content (AvgIpc) is 2.86. The van der Waals surface area contributed by atoms with Crippen LogP contribution in [0.1, 0.15) is 30.3 Å². The molecule has 0 fully saturated rings. The van der Waals surface area contributed by atoms with Crippen LogP contribution in [0.25, 0.3) is 0 Å². The summed E-state index contributed by atoms with van der Waals surface area (Å²) in [4.78, 5) is 22.0. The number of amides is 1. The highest BCUT2D eigenvalue weighted by molar-refractivity contribution is 5.79. The normalized spacial score (nSPS) is 18.8. The number of H-pyrrole nitrogens is 1. The molecule has 2 heterocycles. The Hall–Kier alpha value is -2.10. The van der Waals surface area contributed by atoms with Crippen molar-refractivity contribution in [2.75, 3.05) is 0 Å². The van der Waals surface area contributed by atoms with E-state index in [2.05, 4.69) is 29.0 Å². The van der Waals surface area contributed by atoms with E-state index in [-0.39, 0.29) is 11.9 Å². The first-order chi connectivity index (χ1) is 9.78. The van der Waals surface area contributed by atoms with Crippen LogP contribution in [0, 0.1) is 0 Å². The molecule has 0 spiro atoms. The number of carbonyl (C=O) groups is 1. The minimum Gasteiger partial charge on any atom is -0.348 e. The van der Waals surface area contributed by atoms with Gasteiger partial charge in [0.1, 0.15) is 0 Å². The summed E-state index contributed by atoms with van der Waals surface area (Å²) in [6, 6.07) is 10.4. The van der Waals surface area contributed by atoms with Crippen molar-refractivity contribution < 1.29 is 4.79 Å². The summed E-state index contributed by atoms with van der Waals surface area (Å²) in [6.45, 7) is 2.82. The van der Waals surface area contributed by atoms with Crippen molar-refractivity contribution in [3.8, 4) is 0 Å². The summed E-state index contributed by atoms with van der Waals surface area (Å²) in [5.41, 5.74) is 3.20. The molecule has 1 atom stereocenters. The topological polar surface area (TPSA) is 49.0 Å². The third-order valence-electron chi connectivity index (χ3n) is 3.99. The number of fused-ring (bicyclic) bond motifs is 1. The first-order valence-electron chi connectivity index (χ1n) is 7.12. The van der Waals surface area contributed by atoms with Gasteiger partial charge in [-0.25, -0.2) is 4.98 Å². The second kappa shape index (κ2) is 5.49. The zero-order valence-corrected chi connectivity index (χ0v) is 11.7. The van der Waals surface area contributed by atoms with Crippen LogP contribution in [-0.2, 0) is 24.2 Å². The molecular formula is C16H19N3O. The molecule has 0 unspecified atom stereocenters. The van der Waals surface area contributed by atoms with Crippen LogP contribution in [0.3, 0.4) is 0 Å². The molecule has 1 aliphatic heterocycles. The molecule has 0 bridgehead atoms. The Balaban J connectivity index is 1.86. The number of hydrogen-bond acceptors (Lipinski definition) is 2. The number of nitrogens with zero attached hydrogens (tertiary/aromatic N) is 2. The van der Waals surface area contributed by atoms with Crippen molar-refractivity contribution in [2.24, 2.45) is 0 Å². The van der Waals surface area contributed by atoms with Crippen molar-refractivity contribution in [3.05, 3.63) is 53.6 Å². The molecule has 20 heavy (non-hydrogen) atoms. The SMILES string of the molecule is CC[C@H]1Cc2nc[nH]c2CC(=O)N1Cc1ccccc1. The smallest absolute Gasteiger partial charge is 0.229 e. The highest BCUT2D eigenvalue weighted by Gasteiger charge is 2.29. The van der Waals surface area contributed by atoms with E-state index < -0.39 is 0 Å². The number of carbonyl (C=O) groups excluding carboxylic acids is 1. The molecule has 0 aliphatic carbocycles. The van der Waals surface area contributed by atoms with Crippen molar-refractivity contribution >= 4 is 5.91 Å². The molecule has 104 valence electrons. The van der Waals surface area contributed by atoms with Gasteiger partial charge in [-0.3, -0.25) is 4.79 Å². The number of hydrogen-bond donors (Lipinski definition) is 1. The zero-order chi connectivity index (χ0) is 13.9. The third-order valence-corrected chi connectivity index (χ3v) is 3.99. The number of imidazole rings is 1. The Bertz CT molecular complexity index is 591. The average molecular weight is 269 g/mol. The van der Waals surface area contributed by atoms with Gasteiger partial charge in [-0.2, -0.15) is 0 Å². The molecule has 1 aromatic carbocycles. The van der Waals surface area contributed by atoms with Gasteiger partial charge < -0.3 is 9.88 Å². The van der Waals surface area contributed by atoms with Crippen LogP contribution < -0.4 is 0 Å². The Morgan fingerprint density at radius 2 is 2.15 bits per heavy atom. The van der Waals surface area contributed by atoms with Crippen LogP contribution in [0.2, 0.25) is 0 Å². The largest absolute Gasteiger partial charge is 0.348 e. The molecule has 1 aromatic heterocycles. The maximum atomic E-state index is 12.5. The summed E-state index contributed by atoms with van der Waals surface area (Å²) in [5.74, 6) is 0.184.